The summed E-state index contributed by atoms with van der Waals surface area (Å²) in [6.07, 6.45) is 2.66. The minimum absolute atomic E-state index is 0.583. The van der Waals surface area contributed by atoms with Gasteiger partial charge in [-0.05, 0) is 59.3 Å². The summed E-state index contributed by atoms with van der Waals surface area (Å²) in [5, 5.41) is 3.26. The molecule has 0 bridgehead atoms. The molecule has 124 valence electrons. The first-order chi connectivity index (χ1) is 11.0. The van der Waals surface area contributed by atoms with E-state index in [4.69, 9.17) is 4.74 Å². The van der Waals surface area contributed by atoms with Crippen molar-refractivity contribution in [2.45, 2.75) is 34.1 Å². The zero-order chi connectivity index (χ0) is 16.8. The number of nitrogens with zero attached hydrogens (tertiary/aromatic N) is 2. The summed E-state index contributed by atoms with van der Waals surface area (Å²) < 4.78 is 6.76. The molecule has 4 nitrogen and oxygen atoms in total. The van der Waals surface area contributed by atoms with Crippen LogP contribution >= 0.6 is 15.9 Å². The molecule has 5 heteroatoms. The number of benzene rings is 1. The molecule has 1 aromatic carbocycles. The van der Waals surface area contributed by atoms with Gasteiger partial charge in [0.2, 0.25) is 0 Å². The summed E-state index contributed by atoms with van der Waals surface area (Å²) >= 11 is 3.49. The number of nitrogens with one attached hydrogen (secondary N) is 1. The van der Waals surface area contributed by atoms with Gasteiger partial charge in [0.25, 0.3) is 0 Å². The van der Waals surface area contributed by atoms with E-state index >= 15 is 0 Å². The predicted molar refractivity (Wildman–Crippen MR) is 98.2 cm³/mol. The number of ether oxygens (including phenoxy) is 1. The highest BCUT2D eigenvalue weighted by Crippen LogP contribution is 2.22. The fourth-order valence-corrected chi connectivity index (χ4v) is 2.73. The Morgan fingerprint density at radius 2 is 2.00 bits per heavy atom. The van der Waals surface area contributed by atoms with E-state index < -0.39 is 0 Å². The maximum atomic E-state index is 5.87. The Morgan fingerprint density at radius 3 is 2.70 bits per heavy atom. The Bertz CT molecular complexity index is 659. The second kappa shape index (κ2) is 8.29. The average molecular weight is 378 g/mol. The van der Waals surface area contributed by atoms with E-state index in [1.165, 1.54) is 11.1 Å². The summed E-state index contributed by atoms with van der Waals surface area (Å²) in [6.45, 7) is 9.77. The topological polar surface area (TPSA) is 47.0 Å². The molecule has 2 rings (SSSR count). The van der Waals surface area contributed by atoms with Gasteiger partial charge in [-0.2, -0.15) is 0 Å². The summed E-state index contributed by atoms with van der Waals surface area (Å²) in [6, 6.07) is 6.44. The number of halogens is 1. The van der Waals surface area contributed by atoms with Crippen LogP contribution in [0.1, 0.15) is 30.7 Å². The lowest BCUT2D eigenvalue weighted by molar-refractivity contribution is 0.330. The molecule has 0 unspecified atom stereocenters. The second-order valence-electron chi connectivity index (χ2n) is 6.09. The van der Waals surface area contributed by atoms with Crippen molar-refractivity contribution in [3.05, 3.63) is 45.8 Å². The van der Waals surface area contributed by atoms with Crippen LogP contribution < -0.4 is 10.1 Å². The maximum absolute atomic E-state index is 5.87. The monoisotopic (exact) mass is 377 g/mol. The van der Waals surface area contributed by atoms with Crippen molar-refractivity contribution in [2.75, 3.05) is 18.5 Å². The number of hydrogen-bond acceptors (Lipinski definition) is 4. The van der Waals surface area contributed by atoms with Gasteiger partial charge in [0.15, 0.2) is 0 Å². The smallest absolute Gasteiger partial charge is 0.144 e. The van der Waals surface area contributed by atoms with Crippen LogP contribution in [0.2, 0.25) is 0 Å². The lowest BCUT2D eigenvalue weighted by atomic mass is 10.0. The Balaban J connectivity index is 1.85. The molecule has 0 saturated carbocycles. The van der Waals surface area contributed by atoms with Gasteiger partial charge in [-0.25, -0.2) is 9.97 Å². The number of anilines is 1. The summed E-state index contributed by atoms with van der Waals surface area (Å²) in [5.41, 5.74) is 3.46. The lowest BCUT2D eigenvalue weighted by Crippen LogP contribution is -2.13. The van der Waals surface area contributed by atoms with Crippen molar-refractivity contribution < 1.29 is 4.74 Å². The lowest BCUT2D eigenvalue weighted by Gasteiger charge is -2.13. The molecule has 0 spiro atoms. The van der Waals surface area contributed by atoms with Gasteiger partial charge >= 0.3 is 0 Å². The van der Waals surface area contributed by atoms with Gasteiger partial charge in [-0.3, -0.25) is 0 Å². The predicted octanol–water partition coefficient (Wildman–Crippen LogP) is 4.55. The molecule has 0 radical (unpaired) electrons. The number of aromatic nitrogens is 2. The molecular weight excluding hydrogens is 354 g/mol. The van der Waals surface area contributed by atoms with Crippen LogP contribution in [0.25, 0.3) is 0 Å². The van der Waals surface area contributed by atoms with E-state index in [0.29, 0.717) is 19.1 Å². The highest BCUT2D eigenvalue weighted by molar-refractivity contribution is 9.10. The van der Waals surface area contributed by atoms with Gasteiger partial charge in [0, 0.05) is 0 Å². The largest absolute Gasteiger partial charge is 0.491 e. The molecule has 1 heterocycles. The van der Waals surface area contributed by atoms with Crippen molar-refractivity contribution in [3.8, 4) is 5.75 Å². The van der Waals surface area contributed by atoms with E-state index in [-0.39, 0.29) is 0 Å². The highest BCUT2D eigenvalue weighted by atomic mass is 79.9. The third kappa shape index (κ3) is 5.20. The fraction of sp³-hybridized carbons (Fsp3) is 0.444. The van der Waals surface area contributed by atoms with Crippen molar-refractivity contribution in [3.63, 3.8) is 0 Å². The molecule has 0 atom stereocenters. The fourth-order valence-electron chi connectivity index (χ4n) is 2.38. The summed E-state index contributed by atoms with van der Waals surface area (Å²) in [5.74, 6) is 2.41. The van der Waals surface area contributed by atoms with Crippen LogP contribution in [0, 0.1) is 19.8 Å². The molecule has 2 aromatic rings. The first kappa shape index (κ1) is 17.7. The van der Waals surface area contributed by atoms with Gasteiger partial charge in [0.05, 0.1) is 16.7 Å². The number of aryl methyl sites for hydroxylation is 2. The molecular formula is C18H24BrN3O. The molecule has 0 aliphatic carbocycles. The van der Waals surface area contributed by atoms with Crippen molar-refractivity contribution in [1.82, 2.24) is 9.97 Å². The van der Waals surface area contributed by atoms with Crippen LogP contribution in [0.3, 0.4) is 0 Å². The number of rotatable bonds is 7. The number of hydrogen-bond donors (Lipinski definition) is 1. The van der Waals surface area contributed by atoms with Crippen LogP contribution in [-0.2, 0) is 6.42 Å². The van der Waals surface area contributed by atoms with E-state index in [9.17, 15) is 0 Å². The highest BCUT2D eigenvalue weighted by Gasteiger charge is 2.06. The van der Waals surface area contributed by atoms with Crippen LogP contribution in [0.5, 0.6) is 5.75 Å². The Morgan fingerprint density at radius 1 is 1.22 bits per heavy atom. The summed E-state index contributed by atoms with van der Waals surface area (Å²) in [7, 11) is 0. The first-order valence-electron chi connectivity index (χ1n) is 7.90. The molecule has 1 aromatic heterocycles. The second-order valence-corrected chi connectivity index (χ2v) is 6.89. The quantitative estimate of drug-likeness (QED) is 0.719. The van der Waals surface area contributed by atoms with E-state index in [0.717, 1.165) is 28.2 Å². The van der Waals surface area contributed by atoms with E-state index in [2.05, 4.69) is 70.2 Å². The zero-order valence-corrected chi connectivity index (χ0v) is 15.8. The minimum Gasteiger partial charge on any atom is -0.491 e. The SMILES string of the molecule is Cc1cc(CC(C)C)ccc1OCCNc1ncnc(C)c1Br. The maximum Gasteiger partial charge on any atom is 0.144 e. The molecule has 0 fully saturated rings. The standard InChI is InChI=1S/C18H24BrN3O/c1-12(2)9-15-5-6-16(13(3)10-15)23-8-7-20-18-17(19)14(4)21-11-22-18/h5-6,10-12H,7-9H2,1-4H3,(H,20,21,22). The van der Waals surface area contributed by atoms with Crippen molar-refractivity contribution >= 4 is 21.7 Å². The first-order valence-corrected chi connectivity index (χ1v) is 8.70. The third-order valence-electron chi connectivity index (χ3n) is 3.50. The molecule has 0 amide bonds. The molecule has 0 aliphatic rings. The zero-order valence-electron chi connectivity index (χ0n) is 14.2. The van der Waals surface area contributed by atoms with Crippen molar-refractivity contribution in [1.29, 1.82) is 0 Å². The molecule has 0 aliphatic heterocycles. The van der Waals surface area contributed by atoms with Crippen LogP contribution in [-0.4, -0.2) is 23.1 Å². The minimum atomic E-state index is 0.583. The van der Waals surface area contributed by atoms with Gasteiger partial charge in [-0.15, -0.1) is 0 Å². The third-order valence-corrected chi connectivity index (χ3v) is 4.45. The molecule has 0 saturated heterocycles. The Labute approximate surface area is 146 Å². The molecule has 23 heavy (non-hydrogen) atoms. The van der Waals surface area contributed by atoms with Crippen LogP contribution in [0.15, 0.2) is 29.0 Å². The molecule has 1 N–H and O–H groups in total. The average Bonchev–Trinajstić information content (AvgIpc) is 2.49. The van der Waals surface area contributed by atoms with E-state index in [1.807, 2.05) is 6.92 Å². The van der Waals surface area contributed by atoms with Gasteiger partial charge in [0.1, 0.15) is 24.5 Å². The van der Waals surface area contributed by atoms with Gasteiger partial charge in [-0.1, -0.05) is 26.0 Å². The normalized spacial score (nSPS) is 10.9. The van der Waals surface area contributed by atoms with Gasteiger partial charge < -0.3 is 10.1 Å². The van der Waals surface area contributed by atoms with Crippen molar-refractivity contribution in [2.24, 2.45) is 5.92 Å². The summed E-state index contributed by atoms with van der Waals surface area (Å²) in [4.78, 5) is 8.34. The van der Waals surface area contributed by atoms with E-state index in [1.54, 1.807) is 6.33 Å². The van der Waals surface area contributed by atoms with Crippen LogP contribution in [0.4, 0.5) is 5.82 Å². The Kier molecular flexibility index (Phi) is 6.39. The Hall–Kier alpha value is -1.62.